The summed E-state index contributed by atoms with van der Waals surface area (Å²) in [7, 11) is -0.663. The van der Waals surface area contributed by atoms with Crippen LogP contribution in [0.3, 0.4) is 0 Å². The highest BCUT2D eigenvalue weighted by molar-refractivity contribution is 7.86. The molecule has 1 N–H and O–H groups in total. The highest BCUT2D eigenvalue weighted by atomic mass is 32.2. The number of fused-ring (bicyclic) bond motifs is 2. The molecule has 0 saturated carbocycles. The van der Waals surface area contributed by atoms with E-state index in [1.54, 1.807) is 0 Å². The summed E-state index contributed by atoms with van der Waals surface area (Å²) >= 11 is 0. The predicted octanol–water partition coefficient (Wildman–Crippen LogP) is 2.62. The van der Waals surface area contributed by atoms with Gasteiger partial charge in [-0.2, -0.15) is 0 Å². The average molecular weight is 244 g/mol. The van der Waals surface area contributed by atoms with Crippen LogP contribution in [-0.4, -0.2) is 25.4 Å². The Hall–Kier alpha value is 0.110. The van der Waals surface area contributed by atoms with Gasteiger partial charge < -0.3 is 5.11 Å². The van der Waals surface area contributed by atoms with Crippen LogP contribution in [0, 0.1) is 5.92 Å². The molecule has 0 aliphatic carbocycles. The predicted molar refractivity (Wildman–Crippen MR) is 67.8 cm³/mol. The second kappa shape index (κ2) is 4.77. The summed E-state index contributed by atoms with van der Waals surface area (Å²) in [6, 6.07) is 0. The summed E-state index contributed by atoms with van der Waals surface area (Å²) in [6.45, 7) is 4.32. The van der Waals surface area contributed by atoms with E-state index in [1.165, 1.54) is 6.42 Å². The van der Waals surface area contributed by atoms with Crippen LogP contribution in [0.5, 0.6) is 0 Å². The Morgan fingerprint density at radius 2 is 1.75 bits per heavy atom. The zero-order valence-corrected chi connectivity index (χ0v) is 11.3. The van der Waals surface area contributed by atoms with E-state index in [2.05, 4.69) is 13.8 Å². The first-order valence-corrected chi connectivity index (χ1v) is 8.00. The highest BCUT2D eigenvalue weighted by Gasteiger charge is 2.48. The standard InChI is InChI=1S/C13H24O2S/c1-3-10(4-2)13(14)8-11-6-5-7-12(9-13)16(11)15/h10-12,14H,3-9H2,1-2H3. The summed E-state index contributed by atoms with van der Waals surface area (Å²) < 4.78 is 12.1. The van der Waals surface area contributed by atoms with Gasteiger partial charge in [-0.15, -0.1) is 0 Å². The van der Waals surface area contributed by atoms with Gasteiger partial charge >= 0.3 is 0 Å². The summed E-state index contributed by atoms with van der Waals surface area (Å²) in [5, 5.41) is 11.4. The number of rotatable bonds is 3. The molecule has 2 fully saturated rings. The van der Waals surface area contributed by atoms with Crippen LogP contribution < -0.4 is 0 Å². The van der Waals surface area contributed by atoms with Crippen molar-refractivity contribution in [3.63, 3.8) is 0 Å². The van der Waals surface area contributed by atoms with E-state index in [0.29, 0.717) is 5.92 Å². The van der Waals surface area contributed by atoms with Gasteiger partial charge in [0.05, 0.1) is 5.60 Å². The van der Waals surface area contributed by atoms with Crippen LogP contribution in [0.4, 0.5) is 0 Å². The first kappa shape index (κ1) is 12.6. The van der Waals surface area contributed by atoms with Crippen molar-refractivity contribution in [1.82, 2.24) is 0 Å². The molecule has 2 atom stereocenters. The zero-order valence-electron chi connectivity index (χ0n) is 10.4. The molecule has 2 nitrogen and oxygen atoms in total. The number of hydrogen-bond acceptors (Lipinski definition) is 2. The van der Waals surface area contributed by atoms with E-state index in [1.807, 2.05) is 0 Å². The van der Waals surface area contributed by atoms with Gasteiger partial charge in [0.2, 0.25) is 0 Å². The molecule has 2 unspecified atom stereocenters. The summed E-state index contributed by atoms with van der Waals surface area (Å²) in [5.41, 5.74) is -0.521. The van der Waals surface area contributed by atoms with Gasteiger partial charge in [-0.1, -0.05) is 33.1 Å². The summed E-state index contributed by atoms with van der Waals surface area (Å²) in [6.07, 6.45) is 6.97. The van der Waals surface area contributed by atoms with E-state index in [9.17, 15) is 9.32 Å². The number of aliphatic hydroxyl groups is 1. The molecule has 0 radical (unpaired) electrons. The SMILES string of the molecule is CCC(CC)C1(O)CC2CCCC(C1)S2=O. The van der Waals surface area contributed by atoms with Crippen molar-refractivity contribution in [2.75, 3.05) is 0 Å². The fourth-order valence-corrected chi connectivity index (χ4v) is 5.95. The van der Waals surface area contributed by atoms with E-state index in [4.69, 9.17) is 0 Å². The lowest BCUT2D eigenvalue weighted by Gasteiger charge is -2.47. The molecule has 16 heavy (non-hydrogen) atoms. The van der Waals surface area contributed by atoms with Crippen molar-refractivity contribution < 1.29 is 9.32 Å². The summed E-state index contributed by atoms with van der Waals surface area (Å²) in [4.78, 5) is 0. The minimum absolute atomic E-state index is 0.276. The molecule has 0 aromatic carbocycles. The Bertz CT molecular complexity index is 257. The first-order chi connectivity index (χ1) is 7.60. The molecule has 0 amide bonds. The molecule has 2 heterocycles. The summed E-state index contributed by atoms with van der Waals surface area (Å²) in [5.74, 6) is 0.396. The minimum atomic E-state index is -0.663. The fraction of sp³-hybridized carbons (Fsp3) is 1.00. The third kappa shape index (κ3) is 2.08. The molecular weight excluding hydrogens is 220 g/mol. The lowest BCUT2D eigenvalue weighted by Crippen LogP contribution is -2.52. The maximum Gasteiger partial charge on any atom is 0.0698 e. The average Bonchev–Trinajstić information content (AvgIpc) is 2.22. The van der Waals surface area contributed by atoms with Gasteiger partial charge in [0.1, 0.15) is 0 Å². The molecular formula is C13H24O2S. The van der Waals surface area contributed by atoms with Crippen molar-refractivity contribution in [2.45, 2.75) is 74.9 Å². The lowest BCUT2D eigenvalue weighted by atomic mass is 9.74. The Kier molecular flexibility index (Phi) is 3.75. The third-order valence-corrected chi connectivity index (χ3v) is 6.74. The molecule has 2 aliphatic rings. The highest BCUT2D eigenvalue weighted by Crippen LogP contribution is 2.44. The topological polar surface area (TPSA) is 37.3 Å². The second-order valence-electron chi connectivity index (χ2n) is 5.53. The molecule has 2 bridgehead atoms. The minimum Gasteiger partial charge on any atom is -0.390 e. The van der Waals surface area contributed by atoms with Crippen molar-refractivity contribution in [3.05, 3.63) is 0 Å². The maximum absolute atomic E-state index is 12.1. The van der Waals surface area contributed by atoms with Crippen molar-refractivity contribution in [2.24, 2.45) is 5.92 Å². The molecule has 0 spiro atoms. The molecule has 94 valence electrons. The van der Waals surface area contributed by atoms with Crippen molar-refractivity contribution in [1.29, 1.82) is 0 Å². The Morgan fingerprint density at radius 3 is 2.19 bits per heavy atom. The quantitative estimate of drug-likeness (QED) is 0.828. The second-order valence-corrected chi connectivity index (χ2v) is 7.52. The van der Waals surface area contributed by atoms with Crippen LogP contribution in [0.15, 0.2) is 0 Å². The van der Waals surface area contributed by atoms with E-state index in [0.717, 1.165) is 38.5 Å². The van der Waals surface area contributed by atoms with Crippen LogP contribution in [0.2, 0.25) is 0 Å². The van der Waals surface area contributed by atoms with Gasteiger partial charge in [-0.25, -0.2) is 0 Å². The van der Waals surface area contributed by atoms with E-state index < -0.39 is 16.4 Å². The molecule has 3 heteroatoms. The zero-order chi connectivity index (χ0) is 11.8. The van der Waals surface area contributed by atoms with Gasteiger partial charge in [0.15, 0.2) is 0 Å². The normalized spacial score (nSPS) is 43.6. The Balaban J connectivity index is 2.16. The molecule has 0 aromatic rings. The van der Waals surface area contributed by atoms with Gasteiger partial charge in [-0.3, -0.25) is 4.21 Å². The molecule has 0 aromatic heterocycles. The number of hydrogen-bond donors (Lipinski definition) is 1. The lowest BCUT2D eigenvalue weighted by molar-refractivity contribution is -0.0457. The first-order valence-electron chi connectivity index (χ1n) is 6.72. The van der Waals surface area contributed by atoms with Crippen molar-refractivity contribution >= 4 is 10.8 Å². The molecule has 2 saturated heterocycles. The third-order valence-electron chi connectivity index (χ3n) is 4.62. The maximum atomic E-state index is 12.1. The van der Waals surface area contributed by atoms with Crippen LogP contribution in [0.1, 0.15) is 58.8 Å². The van der Waals surface area contributed by atoms with E-state index >= 15 is 0 Å². The molecule has 2 rings (SSSR count). The van der Waals surface area contributed by atoms with Crippen LogP contribution in [-0.2, 0) is 10.8 Å². The van der Waals surface area contributed by atoms with Gasteiger partial charge in [0.25, 0.3) is 0 Å². The Labute approximate surface area is 101 Å². The monoisotopic (exact) mass is 244 g/mol. The van der Waals surface area contributed by atoms with E-state index in [-0.39, 0.29) is 10.5 Å². The van der Waals surface area contributed by atoms with Gasteiger partial charge in [0, 0.05) is 21.3 Å². The molecule has 2 aliphatic heterocycles. The smallest absolute Gasteiger partial charge is 0.0698 e. The Morgan fingerprint density at radius 1 is 1.25 bits per heavy atom. The van der Waals surface area contributed by atoms with Crippen LogP contribution >= 0.6 is 0 Å². The van der Waals surface area contributed by atoms with Crippen LogP contribution in [0.25, 0.3) is 0 Å². The van der Waals surface area contributed by atoms with Gasteiger partial charge in [-0.05, 0) is 31.6 Å². The largest absolute Gasteiger partial charge is 0.390 e. The van der Waals surface area contributed by atoms with Crippen molar-refractivity contribution in [3.8, 4) is 0 Å². The fourth-order valence-electron chi connectivity index (χ4n) is 3.70.